The predicted octanol–water partition coefficient (Wildman–Crippen LogP) is 2.80. The quantitative estimate of drug-likeness (QED) is 0.516. The molecule has 166 valence electrons. The molecule has 1 fully saturated rings. The van der Waals surface area contributed by atoms with Crippen molar-refractivity contribution in [3.63, 3.8) is 0 Å². The van der Waals surface area contributed by atoms with E-state index in [0.29, 0.717) is 31.4 Å². The number of nitrogens with zero attached hydrogens (tertiary/aromatic N) is 2. The average molecular weight is 450 g/mol. The van der Waals surface area contributed by atoms with E-state index in [0.717, 1.165) is 11.6 Å². The van der Waals surface area contributed by atoms with Crippen LogP contribution in [-0.4, -0.2) is 43.2 Å². The second-order valence-corrected chi connectivity index (χ2v) is 9.46. The number of sulfonamides is 1. The topological polar surface area (TPSA) is 110 Å². The zero-order valence-corrected chi connectivity index (χ0v) is 17.9. The van der Waals surface area contributed by atoms with Gasteiger partial charge in [0.2, 0.25) is 15.9 Å². The Morgan fingerprint density at radius 3 is 2.45 bits per heavy atom. The van der Waals surface area contributed by atoms with Gasteiger partial charge in [0.1, 0.15) is 5.82 Å². The highest BCUT2D eigenvalue weighted by Gasteiger charge is 2.33. The van der Waals surface area contributed by atoms with Crippen molar-refractivity contribution in [2.75, 3.05) is 19.6 Å². The smallest absolute Gasteiger partial charge is 0.270 e. The first-order valence-corrected chi connectivity index (χ1v) is 11.4. The molecule has 1 heterocycles. The number of non-ortho nitro benzene ring substituents is 1. The van der Waals surface area contributed by atoms with Crippen molar-refractivity contribution in [3.8, 4) is 0 Å². The van der Waals surface area contributed by atoms with E-state index in [1.807, 2.05) is 0 Å². The first-order chi connectivity index (χ1) is 14.7. The number of halogens is 1. The highest BCUT2D eigenvalue weighted by Crippen LogP contribution is 2.28. The predicted molar refractivity (Wildman–Crippen MR) is 112 cm³/mol. The number of aryl methyl sites for hydroxylation is 1. The normalized spacial score (nSPS) is 15.5. The highest BCUT2D eigenvalue weighted by molar-refractivity contribution is 7.89. The number of benzene rings is 2. The zero-order valence-electron chi connectivity index (χ0n) is 17.1. The Morgan fingerprint density at radius 2 is 1.84 bits per heavy atom. The van der Waals surface area contributed by atoms with Gasteiger partial charge in [-0.1, -0.05) is 18.2 Å². The fourth-order valence-electron chi connectivity index (χ4n) is 3.60. The van der Waals surface area contributed by atoms with Gasteiger partial charge in [0.15, 0.2) is 0 Å². The Morgan fingerprint density at radius 1 is 1.19 bits per heavy atom. The molecule has 2 aromatic carbocycles. The number of amides is 1. The lowest BCUT2D eigenvalue weighted by Crippen LogP contribution is -2.43. The summed E-state index contributed by atoms with van der Waals surface area (Å²) in [5.74, 6) is -0.744. The molecule has 1 aliphatic heterocycles. The molecule has 1 amide bonds. The number of nitrogens with one attached hydrogen (secondary N) is 1. The first kappa shape index (κ1) is 22.8. The average Bonchev–Trinajstić information content (AvgIpc) is 2.75. The van der Waals surface area contributed by atoms with Crippen molar-refractivity contribution in [3.05, 3.63) is 69.5 Å². The van der Waals surface area contributed by atoms with Crippen molar-refractivity contribution in [2.45, 2.75) is 31.1 Å². The summed E-state index contributed by atoms with van der Waals surface area (Å²) in [7, 11) is -3.89. The SMILES string of the molecule is Cc1ccc([N+](=O)[O-])cc1S(=O)(=O)N1CCC(C(=O)NCCc2ccc(F)cc2)CC1. The summed E-state index contributed by atoms with van der Waals surface area (Å²) in [5, 5.41) is 13.9. The maximum absolute atomic E-state index is 13.0. The molecule has 1 aliphatic rings. The van der Waals surface area contributed by atoms with Crippen LogP contribution in [0.3, 0.4) is 0 Å². The minimum atomic E-state index is -3.89. The molecular formula is C21H24FN3O5S. The molecule has 0 aromatic heterocycles. The third-order valence-corrected chi connectivity index (χ3v) is 7.49. The van der Waals surface area contributed by atoms with E-state index in [4.69, 9.17) is 0 Å². The van der Waals surface area contributed by atoms with Gasteiger partial charge in [-0.2, -0.15) is 4.31 Å². The largest absolute Gasteiger partial charge is 0.356 e. The van der Waals surface area contributed by atoms with Crippen LogP contribution in [-0.2, 0) is 21.2 Å². The van der Waals surface area contributed by atoms with Crippen molar-refractivity contribution < 1.29 is 22.5 Å². The van der Waals surface area contributed by atoms with E-state index in [1.165, 1.54) is 28.6 Å². The molecule has 0 bridgehead atoms. The van der Waals surface area contributed by atoms with Crippen LogP contribution in [0.2, 0.25) is 0 Å². The second-order valence-electron chi connectivity index (χ2n) is 7.55. The third-order valence-electron chi connectivity index (χ3n) is 5.45. The fraction of sp³-hybridized carbons (Fsp3) is 0.381. The van der Waals surface area contributed by atoms with Crippen molar-refractivity contribution in [1.82, 2.24) is 9.62 Å². The Balaban J connectivity index is 1.56. The van der Waals surface area contributed by atoms with Gasteiger partial charge < -0.3 is 5.32 Å². The van der Waals surface area contributed by atoms with Crippen LogP contribution >= 0.6 is 0 Å². The summed E-state index contributed by atoms with van der Waals surface area (Å²) in [4.78, 5) is 22.7. The summed E-state index contributed by atoms with van der Waals surface area (Å²) in [5.41, 5.74) is 1.07. The first-order valence-electron chi connectivity index (χ1n) is 9.96. The van der Waals surface area contributed by atoms with Gasteiger partial charge in [-0.3, -0.25) is 14.9 Å². The van der Waals surface area contributed by atoms with E-state index in [9.17, 15) is 27.7 Å². The maximum atomic E-state index is 13.0. The Labute approximate surface area is 180 Å². The number of rotatable bonds is 7. The van der Waals surface area contributed by atoms with Crippen LogP contribution in [0.25, 0.3) is 0 Å². The zero-order chi connectivity index (χ0) is 22.6. The molecule has 0 unspecified atom stereocenters. The van der Waals surface area contributed by atoms with Crippen LogP contribution in [0.1, 0.15) is 24.0 Å². The maximum Gasteiger partial charge on any atom is 0.270 e. The van der Waals surface area contributed by atoms with E-state index in [2.05, 4.69) is 5.32 Å². The minimum Gasteiger partial charge on any atom is -0.356 e. The van der Waals surface area contributed by atoms with Crippen LogP contribution in [0.5, 0.6) is 0 Å². The number of carbonyl (C=O) groups is 1. The van der Waals surface area contributed by atoms with Crippen molar-refractivity contribution in [1.29, 1.82) is 0 Å². The molecule has 0 atom stereocenters. The molecule has 1 N–H and O–H groups in total. The molecule has 8 nitrogen and oxygen atoms in total. The summed E-state index contributed by atoms with van der Waals surface area (Å²) < 4.78 is 40.2. The van der Waals surface area contributed by atoms with Gasteiger partial charge in [0, 0.05) is 37.7 Å². The summed E-state index contributed by atoms with van der Waals surface area (Å²) in [6, 6.07) is 9.86. The number of nitro groups is 1. The van der Waals surface area contributed by atoms with Gasteiger partial charge >= 0.3 is 0 Å². The number of hydrogen-bond donors (Lipinski definition) is 1. The molecule has 1 saturated heterocycles. The van der Waals surface area contributed by atoms with Gasteiger partial charge in [-0.15, -0.1) is 0 Å². The van der Waals surface area contributed by atoms with Gasteiger partial charge in [0.25, 0.3) is 5.69 Å². The highest BCUT2D eigenvalue weighted by atomic mass is 32.2. The molecule has 0 radical (unpaired) electrons. The van der Waals surface area contributed by atoms with Crippen molar-refractivity contribution >= 4 is 21.6 Å². The summed E-state index contributed by atoms with van der Waals surface area (Å²) in [6.45, 7) is 2.34. The summed E-state index contributed by atoms with van der Waals surface area (Å²) >= 11 is 0. The van der Waals surface area contributed by atoms with E-state index in [1.54, 1.807) is 19.1 Å². The van der Waals surface area contributed by atoms with Gasteiger partial charge in [-0.25, -0.2) is 12.8 Å². The molecule has 10 heteroatoms. The summed E-state index contributed by atoms with van der Waals surface area (Å²) in [6.07, 6.45) is 1.32. The van der Waals surface area contributed by atoms with Gasteiger partial charge in [-0.05, 0) is 49.4 Å². The molecule has 0 aliphatic carbocycles. The lowest BCUT2D eigenvalue weighted by molar-refractivity contribution is -0.385. The lowest BCUT2D eigenvalue weighted by atomic mass is 9.97. The van der Waals surface area contributed by atoms with E-state index < -0.39 is 14.9 Å². The monoisotopic (exact) mass is 449 g/mol. The lowest BCUT2D eigenvalue weighted by Gasteiger charge is -2.30. The van der Waals surface area contributed by atoms with Crippen LogP contribution < -0.4 is 5.32 Å². The Bertz CT molecular complexity index is 1060. The molecule has 0 spiro atoms. The van der Waals surface area contributed by atoms with Crippen LogP contribution in [0.15, 0.2) is 47.4 Å². The number of nitro benzene ring substituents is 1. The molecule has 0 saturated carbocycles. The second kappa shape index (κ2) is 9.52. The fourth-order valence-corrected chi connectivity index (χ4v) is 5.32. The molecule has 2 aromatic rings. The van der Waals surface area contributed by atoms with E-state index in [-0.39, 0.29) is 41.3 Å². The Kier molecular flexibility index (Phi) is 7.01. The standard InChI is InChI=1S/C21H24FN3O5S/c1-15-2-7-19(25(27)28)14-20(15)31(29,30)24-12-9-17(10-13-24)21(26)23-11-8-16-3-5-18(22)6-4-16/h2-7,14,17H,8-13H2,1H3,(H,23,26). The number of carbonyl (C=O) groups excluding carboxylic acids is 1. The number of hydrogen-bond acceptors (Lipinski definition) is 5. The number of piperidine rings is 1. The van der Waals surface area contributed by atoms with Crippen LogP contribution in [0.4, 0.5) is 10.1 Å². The van der Waals surface area contributed by atoms with Crippen molar-refractivity contribution in [2.24, 2.45) is 5.92 Å². The third kappa shape index (κ3) is 5.45. The Hall–Kier alpha value is -2.85. The molecule has 3 rings (SSSR count). The molecule has 31 heavy (non-hydrogen) atoms. The molecular weight excluding hydrogens is 425 g/mol. The van der Waals surface area contributed by atoms with Gasteiger partial charge in [0.05, 0.1) is 9.82 Å². The van der Waals surface area contributed by atoms with E-state index >= 15 is 0 Å². The minimum absolute atomic E-state index is 0.0797. The van der Waals surface area contributed by atoms with Crippen LogP contribution in [0, 0.1) is 28.8 Å².